The molecule has 7 rings (SSSR count). The average molecular weight is 735 g/mol. The van der Waals surface area contributed by atoms with Gasteiger partial charge in [-0.25, -0.2) is 26.7 Å². The Morgan fingerprint density at radius 3 is 2.86 bits per heavy atom. The number of amides is 1. The third-order valence-corrected chi connectivity index (χ3v) is 10.9. The van der Waals surface area contributed by atoms with Crippen molar-refractivity contribution in [2.75, 3.05) is 43.1 Å². The maximum Gasteiger partial charge on any atom is 0.409 e. The second-order valence-corrected chi connectivity index (χ2v) is 13.7. The Hall–Kier alpha value is -4.46. The zero-order chi connectivity index (χ0) is 35.5. The highest BCUT2D eigenvalue weighted by molar-refractivity contribution is 7.23. The van der Waals surface area contributed by atoms with E-state index in [2.05, 4.69) is 15.3 Å². The molecule has 10 nitrogen and oxygen atoms in total. The number of aromatic nitrogens is 2. The van der Waals surface area contributed by atoms with Crippen LogP contribution in [0.25, 0.3) is 32.1 Å². The quantitative estimate of drug-likeness (QED) is 0.138. The molecule has 50 heavy (non-hydrogen) atoms. The number of hydrogen-bond acceptors (Lipinski definition) is 9. The molecule has 17 heteroatoms. The van der Waals surface area contributed by atoms with E-state index >= 15 is 8.78 Å². The van der Waals surface area contributed by atoms with Gasteiger partial charge in [-0.05, 0) is 37.9 Å². The number of nitrogens with zero attached hydrogens (tertiary/aromatic N) is 5. The SMILES string of the molecule is C/C=C/[C@H]1COc2c(Cl)c(-c3ccc(F)c4sc(NC(=O)O)c(C#N)c34)c(F)c3nc(OC[C@@]45CCCN4C[C@H](F)C5)nc(c23)N1CC(F)F. The Morgan fingerprint density at radius 1 is 1.34 bits per heavy atom. The fourth-order valence-electron chi connectivity index (χ4n) is 7.37. The molecule has 2 aromatic heterocycles. The molecule has 2 N–H and O–H groups in total. The molecular weight excluding hydrogens is 707 g/mol. The second kappa shape index (κ2) is 13.0. The van der Waals surface area contributed by atoms with E-state index in [4.69, 9.17) is 21.1 Å². The number of hydrogen-bond donors (Lipinski definition) is 2. The number of anilines is 2. The van der Waals surface area contributed by atoms with Crippen LogP contribution in [-0.2, 0) is 0 Å². The topological polar surface area (TPSA) is 124 Å². The van der Waals surface area contributed by atoms with E-state index in [0.29, 0.717) is 24.3 Å². The Morgan fingerprint density at radius 2 is 2.14 bits per heavy atom. The van der Waals surface area contributed by atoms with Crippen molar-refractivity contribution in [3.8, 4) is 29.0 Å². The lowest BCUT2D eigenvalue weighted by Crippen LogP contribution is -2.43. The summed E-state index contributed by atoms with van der Waals surface area (Å²) in [5, 5.41) is 20.7. The summed E-state index contributed by atoms with van der Waals surface area (Å²) < 4.78 is 87.1. The minimum atomic E-state index is -2.84. The lowest BCUT2D eigenvalue weighted by atomic mass is 9.95. The molecule has 0 spiro atoms. The molecule has 4 aromatic rings. The third kappa shape index (κ3) is 5.61. The van der Waals surface area contributed by atoms with Gasteiger partial charge in [0.25, 0.3) is 6.43 Å². The van der Waals surface area contributed by atoms with Crippen molar-refractivity contribution in [1.82, 2.24) is 14.9 Å². The van der Waals surface area contributed by atoms with Crippen LogP contribution in [0.4, 0.5) is 37.6 Å². The molecule has 0 radical (unpaired) electrons. The van der Waals surface area contributed by atoms with Crippen LogP contribution in [0.3, 0.4) is 0 Å². The van der Waals surface area contributed by atoms with Crippen LogP contribution >= 0.6 is 22.9 Å². The first-order valence-electron chi connectivity index (χ1n) is 15.7. The number of benzene rings is 2. The third-order valence-electron chi connectivity index (χ3n) is 9.39. The first-order valence-corrected chi connectivity index (χ1v) is 16.9. The lowest BCUT2D eigenvalue weighted by molar-refractivity contribution is 0.107. The molecule has 3 atom stereocenters. The minimum absolute atomic E-state index is 0.0324. The van der Waals surface area contributed by atoms with Gasteiger partial charge in [0.15, 0.2) is 11.6 Å². The highest BCUT2D eigenvalue weighted by atomic mass is 35.5. The van der Waals surface area contributed by atoms with Crippen LogP contribution in [-0.4, -0.2) is 83.1 Å². The van der Waals surface area contributed by atoms with Gasteiger partial charge in [-0.1, -0.05) is 29.8 Å². The van der Waals surface area contributed by atoms with Gasteiger partial charge in [-0.15, -0.1) is 11.3 Å². The van der Waals surface area contributed by atoms with E-state index in [-0.39, 0.29) is 85.9 Å². The molecule has 0 unspecified atom stereocenters. The average Bonchev–Trinajstić information content (AvgIpc) is 3.69. The second-order valence-electron chi connectivity index (χ2n) is 12.3. The van der Waals surface area contributed by atoms with Crippen LogP contribution in [0.2, 0.25) is 5.02 Å². The van der Waals surface area contributed by atoms with Gasteiger partial charge < -0.3 is 19.5 Å². The standard InChI is InChI=1S/C33H28ClF5N6O4S/c1-2-4-16-13-48-27-23-26(25(39)22(24(27)34)17-5-6-19(36)28-21(17)18(10-40)30(50-28)43-32(46)47)41-31(42-29(23)45(16)12-20(37)38)49-14-33-7-3-8-44(33)11-15(35)9-33/h2,4-6,15-16,20,43H,3,7-9,11-14H2,1H3,(H,46,47)/b4-2+/t15-,16+,33+/m1/s1. The van der Waals surface area contributed by atoms with Gasteiger partial charge in [0.1, 0.15) is 47.6 Å². The van der Waals surface area contributed by atoms with Gasteiger partial charge in [-0.2, -0.15) is 15.2 Å². The minimum Gasteiger partial charge on any atom is -0.489 e. The van der Waals surface area contributed by atoms with Crippen LogP contribution in [0.5, 0.6) is 11.8 Å². The fraction of sp³-hybridized carbons (Fsp3) is 0.394. The molecular formula is C33H28ClF5N6O4S. The van der Waals surface area contributed by atoms with Crippen molar-refractivity contribution >= 4 is 60.8 Å². The molecule has 0 bridgehead atoms. The van der Waals surface area contributed by atoms with Gasteiger partial charge in [0, 0.05) is 23.9 Å². The highest BCUT2D eigenvalue weighted by Gasteiger charge is 2.49. The van der Waals surface area contributed by atoms with Crippen LogP contribution < -0.4 is 19.7 Å². The molecule has 2 saturated heterocycles. The predicted molar refractivity (Wildman–Crippen MR) is 178 cm³/mol. The molecule has 5 heterocycles. The maximum absolute atomic E-state index is 17.2. The van der Waals surface area contributed by atoms with E-state index in [1.165, 1.54) is 11.0 Å². The number of carboxylic acid groups (broad SMARTS) is 1. The summed E-state index contributed by atoms with van der Waals surface area (Å²) >= 11 is 7.56. The largest absolute Gasteiger partial charge is 0.489 e. The normalized spacial score (nSPS) is 21.9. The van der Waals surface area contributed by atoms with Gasteiger partial charge >= 0.3 is 12.1 Å². The van der Waals surface area contributed by atoms with E-state index in [9.17, 15) is 28.3 Å². The first-order chi connectivity index (χ1) is 24.0. The fourth-order valence-corrected chi connectivity index (χ4v) is 8.77. The maximum atomic E-state index is 17.2. The number of halogens is 6. The zero-order valence-corrected chi connectivity index (χ0v) is 27.9. The van der Waals surface area contributed by atoms with E-state index in [1.54, 1.807) is 19.1 Å². The van der Waals surface area contributed by atoms with Crippen LogP contribution in [0, 0.1) is 23.0 Å². The smallest absolute Gasteiger partial charge is 0.409 e. The van der Waals surface area contributed by atoms with E-state index in [0.717, 1.165) is 12.5 Å². The summed E-state index contributed by atoms with van der Waals surface area (Å²) in [7, 11) is 0. The Balaban J connectivity index is 1.48. The van der Waals surface area contributed by atoms with Gasteiger partial charge in [0.2, 0.25) is 0 Å². The first kappa shape index (κ1) is 34.0. The van der Waals surface area contributed by atoms with Crippen molar-refractivity contribution in [2.45, 2.75) is 50.4 Å². The van der Waals surface area contributed by atoms with Gasteiger partial charge in [-0.3, -0.25) is 10.2 Å². The Labute approximate surface area is 290 Å². The summed E-state index contributed by atoms with van der Waals surface area (Å²) in [6, 6.07) is 2.93. The van der Waals surface area contributed by atoms with Gasteiger partial charge in [0.05, 0.1) is 38.8 Å². The summed E-state index contributed by atoms with van der Waals surface area (Å²) in [6.07, 6.45) is -0.426. The van der Waals surface area contributed by atoms with E-state index < -0.39 is 54.0 Å². The van der Waals surface area contributed by atoms with Crippen molar-refractivity contribution < 1.29 is 41.3 Å². The number of carbonyl (C=O) groups is 1. The molecule has 3 aliphatic heterocycles. The molecule has 3 aliphatic rings. The summed E-state index contributed by atoms with van der Waals surface area (Å²) in [5.41, 5.74) is -1.74. The number of fused-ring (bicyclic) bond motifs is 2. The van der Waals surface area contributed by atoms with Crippen LogP contribution in [0.15, 0.2) is 24.3 Å². The van der Waals surface area contributed by atoms with Crippen molar-refractivity contribution in [3.63, 3.8) is 0 Å². The number of rotatable bonds is 8. The molecule has 1 amide bonds. The van der Waals surface area contributed by atoms with Crippen molar-refractivity contribution in [1.29, 1.82) is 5.26 Å². The van der Waals surface area contributed by atoms with Crippen molar-refractivity contribution in [3.05, 3.63) is 46.5 Å². The summed E-state index contributed by atoms with van der Waals surface area (Å²) in [4.78, 5) is 23.6. The molecule has 262 valence electrons. The number of nitriles is 1. The summed E-state index contributed by atoms with van der Waals surface area (Å²) in [6.45, 7) is 1.56. The Bertz CT molecular complexity index is 2110. The van der Waals surface area contributed by atoms with Crippen molar-refractivity contribution in [2.24, 2.45) is 0 Å². The molecule has 2 fully saturated rings. The molecule has 0 saturated carbocycles. The van der Waals surface area contributed by atoms with E-state index in [1.807, 2.05) is 11.0 Å². The predicted octanol–water partition coefficient (Wildman–Crippen LogP) is 7.77. The number of alkyl halides is 3. The lowest BCUT2D eigenvalue weighted by Gasteiger charge is -2.31. The monoisotopic (exact) mass is 734 g/mol. The number of ether oxygens (including phenoxy) is 2. The number of thiophene rings is 1. The van der Waals surface area contributed by atoms with Crippen LogP contribution in [0.1, 0.15) is 31.7 Å². The molecule has 2 aromatic carbocycles. The number of nitrogens with one attached hydrogen (secondary N) is 1. The number of allylic oxidation sites excluding steroid dienone is 1. The Kier molecular flexibility index (Phi) is 8.85. The summed E-state index contributed by atoms with van der Waals surface area (Å²) in [5.74, 6) is -2.14. The molecule has 0 aliphatic carbocycles. The highest BCUT2D eigenvalue weighted by Crippen LogP contribution is 2.51. The zero-order valence-electron chi connectivity index (χ0n) is 26.3.